The van der Waals surface area contributed by atoms with E-state index in [4.69, 9.17) is 4.74 Å². The number of guanidine groups is 1. The number of hydrogen-bond acceptors (Lipinski definition) is 3. The minimum Gasteiger partial charge on any atom is -0.385 e. The minimum atomic E-state index is 0.0664. The minimum absolute atomic E-state index is 0.0664. The molecule has 3 N–H and O–H groups in total. The molecule has 1 atom stereocenters. The van der Waals surface area contributed by atoms with Crippen LogP contribution >= 0.6 is 0 Å². The van der Waals surface area contributed by atoms with E-state index in [1.165, 1.54) is 0 Å². The highest BCUT2D eigenvalue weighted by Crippen LogP contribution is 1.89. The van der Waals surface area contributed by atoms with Gasteiger partial charge in [0.15, 0.2) is 5.96 Å². The molecule has 1 unspecified atom stereocenters. The Hall–Kier alpha value is -1.30. The van der Waals surface area contributed by atoms with Gasteiger partial charge in [-0.15, -0.1) is 0 Å². The zero-order valence-corrected chi connectivity index (χ0v) is 12.6. The van der Waals surface area contributed by atoms with Crippen LogP contribution in [-0.2, 0) is 9.53 Å². The molecule has 19 heavy (non-hydrogen) atoms. The first-order chi connectivity index (χ1) is 9.13. The zero-order chi connectivity index (χ0) is 14.5. The molecule has 0 aromatic rings. The lowest BCUT2D eigenvalue weighted by Gasteiger charge is -2.13. The summed E-state index contributed by atoms with van der Waals surface area (Å²) in [5, 5.41) is 9.19. The van der Waals surface area contributed by atoms with Crippen LogP contribution < -0.4 is 16.0 Å². The average molecular weight is 272 g/mol. The van der Waals surface area contributed by atoms with Crippen LogP contribution in [-0.4, -0.2) is 51.8 Å². The van der Waals surface area contributed by atoms with Crippen molar-refractivity contribution in [1.82, 2.24) is 16.0 Å². The molecule has 0 aromatic heterocycles. The molecule has 0 aromatic carbocycles. The van der Waals surface area contributed by atoms with E-state index in [1.54, 1.807) is 14.2 Å². The Kier molecular flexibility index (Phi) is 11.0. The highest BCUT2D eigenvalue weighted by Gasteiger charge is 2.05. The fraction of sp³-hybridized carbons (Fsp3) is 0.846. The van der Waals surface area contributed by atoms with Gasteiger partial charge in [-0.1, -0.05) is 6.92 Å². The van der Waals surface area contributed by atoms with Crippen LogP contribution in [0, 0.1) is 0 Å². The molecule has 0 aliphatic heterocycles. The lowest BCUT2D eigenvalue weighted by atomic mass is 10.2. The third kappa shape index (κ3) is 10.3. The van der Waals surface area contributed by atoms with Crippen molar-refractivity contribution in [1.29, 1.82) is 0 Å². The molecule has 0 aliphatic rings. The van der Waals surface area contributed by atoms with Crippen LogP contribution in [0.15, 0.2) is 4.99 Å². The van der Waals surface area contributed by atoms with E-state index >= 15 is 0 Å². The Morgan fingerprint density at radius 3 is 2.58 bits per heavy atom. The van der Waals surface area contributed by atoms with Crippen molar-refractivity contribution in [2.45, 2.75) is 39.2 Å². The smallest absolute Gasteiger partial charge is 0.221 e. The maximum Gasteiger partial charge on any atom is 0.221 e. The summed E-state index contributed by atoms with van der Waals surface area (Å²) < 4.78 is 4.96. The van der Waals surface area contributed by atoms with E-state index in [-0.39, 0.29) is 11.9 Å². The number of rotatable bonds is 9. The molecule has 0 bridgehead atoms. The summed E-state index contributed by atoms with van der Waals surface area (Å²) in [6.45, 7) is 6.15. The normalized spacial score (nSPS) is 12.9. The summed E-state index contributed by atoms with van der Waals surface area (Å²) in [6.07, 6.45) is 2.32. The summed E-state index contributed by atoms with van der Waals surface area (Å²) in [6, 6.07) is 0.235. The van der Waals surface area contributed by atoms with Gasteiger partial charge in [0.1, 0.15) is 0 Å². The molecule has 112 valence electrons. The SMILES string of the molecule is CCC(C)NC(=O)CCNC(=NC)NCCCOC. The van der Waals surface area contributed by atoms with Gasteiger partial charge in [0, 0.05) is 46.3 Å². The third-order valence-corrected chi connectivity index (χ3v) is 2.71. The predicted molar refractivity (Wildman–Crippen MR) is 78.4 cm³/mol. The van der Waals surface area contributed by atoms with Crippen molar-refractivity contribution < 1.29 is 9.53 Å². The summed E-state index contributed by atoms with van der Waals surface area (Å²) >= 11 is 0. The first-order valence-electron chi connectivity index (χ1n) is 6.86. The van der Waals surface area contributed by atoms with Gasteiger partial charge in [0.25, 0.3) is 0 Å². The summed E-state index contributed by atoms with van der Waals surface area (Å²) in [4.78, 5) is 15.6. The number of nitrogens with one attached hydrogen (secondary N) is 3. The van der Waals surface area contributed by atoms with E-state index in [9.17, 15) is 4.79 Å². The van der Waals surface area contributed by atoms with Crippen molar-refractivity contribution in [2.75, 3.05) is 33.9 Å². The first kappa shape index (κ1) is 17.7. The topological polar surface area (TPSA) is 74.8 Å². The van der Waals surface area contributed by atoms with Gasteiger partial charge in [-0.3, -0.25) is 9.79 Å². The van der Waals surface area contributed by atoms with Crippen LogP contribution in [0.25, 0.3) is 0 Å². The van der Waals surface area contributed by atoms with Crippen LogP contribution in [0.2, 0.25) is 0 Å². The van der Waals surface area contributed by atoms with E-state index < -0.39 is 0 Å². The molecular formula is C13H28N4O2. The second-order valence-corrected chi connectivity index (χ2v) is 4.40. The molecular weight excluding hydrogens is 244 g/mol. The number of nitrogens with zero attached hydrogens (tertiary/aromatic N) is 1. The molecule has 6 nitrogen and oxygen atoms in total. The molecule has 0 fully saturated rings. The summed E-state index contributed by atoms with van der Waals surface area (Å²) in [5.74, 6) is 0.782. The van der Waals surface area contributed by atoms with Gasteiger partial charge in [-0.2, -0.15) is 0 Å². The number of methoxy groups -OCH3 is 1. The third-order valence-electron chi connectivity index (χ3n) is 2.71. The van der Waals surface area contributed by atoms with Gasteiger partial charge in [0.2, 0.25) is 5.91 Å². The van der Waals surface area contributed by atoms with Crippen LogP contribution in [0.5, 0.6) is 0 Å². The van der Waals surface area contributed by atoms with Gasteiger partial charge >= 0.3 is 0 Å². The molecule has 6 heteroatoms. The Morgan fingerprint density at radius 2 is 2.00 bits per heavy atom. The van der Waals surface area contributed by atoms with Crippen LogP contribution in [0.4, 0.5) is 0 Å². The largest absolute Gasteiger partial charge is 0.385 e. The molecule has 0 aliphatic carbocycles. The average Bonchev–Trinajstić information content (AvgIpc) is 2.41. The lowest BCUT2D eigenvalue weighted by molar-refractivity contribution is -0.121. The van der Waals surface area contributed by atoms with Crippen molar-refractivity contribution in [3.63, 3.8) is 0 Å². The fourth-order valence-corrected chi connectivity index (χ4v) is 1.39. The number of hydrogen-bond donors (Lipinski definition) is 3. The predicted octanol–water partition coefficient (Wildman–Crippen LogP) is 0.493. The van der Waals surface area contributed by atoms with E-state index in [0.717, 1.165) is 26.0 Å². The number of ether oxygens (including phenoxy) is 1. The number of amides is 1. The molecule has 0 spiro atoms. The standard InChI is InChI=1S/C13H28N4O2/c1-5-11(2)17-12(18)7-9-16-13(14-3)15-8-6-10-19-4/h11H,5-10H2,1-4H3,(H,17,18)(H2,14,15,16). The zero-order valence-electron chi connectivity index (χ0n) is 12.6. The lowest BCUT2D eigenvalue weighted by Crippen LogP contribution is -2.40. The fourth-order valence-electron chi connectivity index (χ4n) is 1.39. The van der Waals surface area contributed by atoms with Crippen molar-refractivity contribution in [3.8, 4) is 0 Å². The van der Waals surface area contributed by atoms with Crippen molar-refractivity contribution in [2.24, 2.45) is 4.99 Å². The highest BCUT2D eigenvalue weighted by atomic mass is 16.5. The van der Waals surface area contributed by atoms with Gasteiger partial charge < -0.3 is 20.7 Å². The molecule has 0 saturated carbocycles. The van der Waals surface area contributed by atoms with E-state index in [2.05, 4.69) is 27.9 Å². The molecule has 1 amide bonds. The summed E-state index contributed by atoms with van der Waals surface area (Å²) in [7, 11) is 3.40. The highest BCUT2D eigenvalue weighted by molar-refractivity contribution is 5.81. The molecule has 0 saturated heterocycles. The monoisotopic (exact) mass is 272 g/mol. The first-order valence-corrected chi connectivity index (χ1v) is 6.86. The molecule has 0 rings (SSSR count). The van der Waals surface area contributed by atoms with Crippen molar-refractivity contribution >= 4 is 11.9 Å². The second-order valence-electron chi connectivity index (χ2n) is 4.40. The second kappa shape index (κ2) is 11.8. The van der Waals surface area contributed by atoms with Crippen molar-refractivity contribution in [3.05, 3.63) is 0 Å². The molecule has 0 radical (unpaired) electrons. The molecule has 0 heterocycles. The van der Waals surface area contributed by atoms with Crippen LogP contribution in [0.1, 0.15) is 33.1 Å². The number of carbonyl (C=O) groups excluding carboxylic acids is 1. The van der Waals surface area contributed by atoms with E-state index in [1.807, 2.05) is 6.92 Å². The Balaban J connectivity index is 3.69. The Labute approximate surface area is 116 Å². The van der Waals surface area contributed by atoms with Gasteiger partial charge in [0.05, 0.1) is 0 Å². The Bertz CT molecular complexity index is 269. The van der Waals surface area contributed by atoms with E-state index in [0.29, 0.717) is 18.9 Å². The quantitative estimate of drug-likeness (QED) is 0.324. The number of carbonyl (C=O) groups is 1. The maximum atomic E-state index is 11.6. The van der Waals surface area contributed by atoms with Crippen LogP contribution in [0.3, 0.4) is 0 Å². The Morgan fingerprint density at radius 1 is 1.32 bits per heavy atom. The maximum absolute atomic E-state index is 11.6. The number of aliphatic imine (C=N–C) groups is 1. The van der Waals surface area contributed by atoms with Gasteiger partial charge in [-0.05, 0) is 19.8 Å². The summed E-state index contributed by atoms with van der Waals surface area (Å²) in [5.41, 5.74) is 0. The van der Waals surface area contributed by atoms with Gasteiger partial charge in [-0.25, -0.2) is 0 Å².